The van der Waals surface area contributed by atoms with Crippen molar-refractivity contribution in [3.63, 3.8) is 0 Å². The molecule has 21 heavy (non-hydrogen) atoms. The lowest BCUT2D eigenvalue weighted by molar-refractivity contribution is -0.387. The largest absolute Gasteiger partial charge is 0.321 e. The number of rotatable bonds is 3. The topological polar surface area (TPSA) is 72.2 Å². The summed E-state index contributed by atoms with van der Waals surface area (Å²) in [5.74, 6) is -3.39. The van der Waals surface area contributed by atoms with Gasteiger partial charge in [-0.2, -0.15) is 4.39 Å². The quantitative estimate of drug-likeness (QED) is 0.482. The SMILES string of the molecule is O=C(Nc1ccccc1I)c1cc(F)cc([N+](=O)[O-])c1F. The summed E-state index contributed by atoms with van der Waals surface area (Å²) in [6.45, 7) is 0. The Balaban J connectivity index is 2.40. The third-order valence-electron chi connectivity index (χ3n) is 2.58. The minimum atomic E-state index is -1.37. The third kappa shape index (κ3) is 3.32. The van der Waals surface area contributed by atoms with Gasteiger partial charge in [0.05, 0.1) is 22.2 Å². The lowest BCUT2D eigenvalue weighted by Gasteiger charge is -2.08. The van der Waals surface area contributed by atoms with Crippen LogP contribution in [0.4, 0.5) is 20.2 Å². The Kier molecular flexibility index (Phi) is 4.46. The van der Waals surface area contributed by atoms with Gasteiger partial charge in [0.2, 0.25) is 5.82 Å². The highest BCUT2D eigenvalue weighted by Gasteiger charge is 2.24. The second-order valence-electron chi connectivity index (χ2n) is 3.98. The maximum Gasteiger partial charge on any atom is 0.308 e. The second-order valence-corrected chi connectivity index (χ2v) is 5.14. The van der Waals surface area contributed by atoms with Gasteiger partial charge in [-0.15, -0.1) is 0 Å². The molecule has 5 nitrogen and oxygen atoms in total. The number of hydrogen-bond donors (Lipinski definition) is 1. The first kappa shape index (κ1) is 15.3. The Hall–Kier alpha value is -2.10. The van der Waals surface area contributed by atoms with Crippen LogP contribution in [0, 0.1) is 25.3 Å². The van der Waals surface area contributed by atoms with E-state index in [0.717, 1.165) is 0 Å². The molecule has 8 heteroatoms. The van der Waals surface area contributed by atoms with Crippen LogP contribution in [-0.4, -0.2) is 10.8 Å². The number of nitrogens with one attached hydrogen (secondary N) is 1. The molecule has 0 aromatic heterocycles. The van der Waals surface area contributed by atoms with Crippen LogP contribution < -0.4 is 5.32 Å². The number of amides is 1. The Labute approximate surface area is 131 Å². The highest BCUT2D eigenvalue weighted by Crippen LogP contribution is 2.24. The fourth-order valence-electron chi connectivity index (χ4n) is 1.63. The number of hydrogen-bond acceptors (Lipinski definition) is 3. The van der Waals surface area contributed by atoms with Crippen molar-refractivity contribution in [2.24, 2.45) is 0 Å². The summed E-state index contributed by atoms with van der Waals surface area (Å²) in [5, 5.41) is 13.0. The van der Waals surface area contributed by atoms with E-state index in [4.69, 9.17) is 0 Å². The zero-order valence-electron chi connectivity index (χ0n) is 10.3. The molecule has 108 valence electrons. The molecule has 0 aliphatic heterocycles. The minimum absolute atomic E-state index is 0.398. The highest BCUT2D eigenvalue weighted by atomic mass is 127. The van der Waals surface area contributed by atoms with Crippen molar-refractivity contribution in [3.05, 3.63) is 67.3 Å². The van der Waals surface area contributed by atoms with E-state index in [1.54, 1.807) is 24.3 Å². The van der Waals surface area contributed by atoms with E-state index in [9.17, 15) is 23.7 Å². The zero-order valence-corrected chi connectivity index (χ0v) is 12.4. The summed E-state index contributed by atoms with van der Waals surface area (Å²) in [7, 11) is 0. The molecule has 0 saturated carbocycles. The van der Waals surface area contributed by atoms with Crippen molar-refractivity contribution in [2.45, 2.75) is 0 Å². The van der Waals surface area contributed by atoms with Crippen LogP contribution in [0.3, 0.4) is 0 Å². The van der Waals surface area contributed by atoms with E-state index in [-0.39, 0.29) is 0 Å². The third-order valence-corrected chi connectivity index (χ3v) is 3.52. The first-order chi connectivity index (χ1) is 9.90. The molecule has 0 radical (unpaired) electrons. The summed E-state index contributed by atoms with van der Waals surface area (Å²) in [6, 6.07) is 7.73. The fourth-order valence-corrected chi connectivity index (χ4v) is 2.15. The summed E-state index contributed by atoms with van der Waals surface area (Å²) >= 11 is 1.96. The summed E-state index contributed by atoms with van der Waals surface area (Å²) in [5.41, 5.74) is -1.40. The first-order valence-corrected chi connectivity index (χ1v) is 6.67. The van der Waals surface area contributed by atoms with Gasteiger partial charge < -0.3 is 5.32 Å². The van der Waals surface area contributed by atoms with Gasteiger partial charge in [-0.25, -0.2) is 4.39 Å². The number of benzene rings is 2. The highest BCUT2D eigenvalue weighted by molar-refractivity contribution is 14.1. The average Bonchev–Trinajstić information content (AvgIpc) is 2.43. The monoisotopic (exact) mass is 404 g/mol. The Morgan fingerprint density at radius 1 is 1.24 bits per heavy atom. The van der Waals surface area contributed by atoms with Crippen molar-refractivity contribution in [1.82, 2.24) is 0 Å². The number of para-hydroxylation sites is 1. The molecule has 0 spiro atoms. The summed E-state index contributed by atoms with van der Waals surface area (Å²) in [4.78, 5) is 21.5. The maximum absolute atomic E-state index is 13.9. The van der Waals surface area contributed by atoms with Crippen LogP contribution in [0.25, 0.3) is 0 Å². The van der Waals surface area contributed by atoms with Crippen LogP contribution in [0.5, 0.6) is 0 Å². The Morgan fingerprint density at radius 3 is 2.52 bits per heavy atom. The number of carbonyl (C=O) groups is 1. The molecule has 0 aliphatic carbocycles. The number of nitro benzene ring substituents is 1. The fraction of sp³-hybridized carbons (Fsp3) is 0. The first-order valence-electron chi connectivity index (χ1n) is 5.59. The number of halogens is 3. The summed E-state index contributed by atoms with van der Waals surface area (Å²) < 4.78 is 27.9. The molecule has 0 unspecified atom stereocenters. The number of nitro groups is 1. The van der Waals surface area contributed by atoms with Crippen LogP contribution in [0.1, 0.15) is 10.4 Å². The van der Waals surface area contributed by atoms with Gasteiger partial charge in [0.1, 0.15) is 5.82 Å². The van der Waals surface area contributed by atoms with Crippen molar-refractivity contribution < 1.29 is 18.5 Å². The van der Waals surface area contributed by atoms with Crippen molar-refractivity contribution in [3.8, 4) is 0 Å². The van der Waals surface area contributed by atoms with Crippen LogP contribution >= 0.6 is 22.6 Å². The smallest absolute Gasteiger partial charge is 0.308 e. The standard InChI is InChI=1S/C13H7F2IN2O3/c14-7-5-8(12(15)11(6-7)18(20)21)13(19)17-10-4-2-1-3-9(10)16/h1-6H,(H,17,19). The van der Waals surface area contributed by atoms with Crippen LogP contribution in [-0.2, 0) is 0 Å². The molecule has 0 bridgehead atoms. The van der Waals surface area contributed by atoms with Crippen molar-refractivity contribution in [1.29, 1.82) is 0 Å². The van der Waals surface area contributed by atoms with Gasteiger partial charge in [-0.3, -0.25) is 14.9 Å². The van der Waals surface area contributed by atoms with E-state index in [1.165, 1.54) is 0 Å². The molecule has 2 rings (SSSR count). The van der Waals surface area contributed by atoms with E-state index < -0.39 is 33.7 Å². The maximum atomic E-state index is 13.9. The average molecular weight is 404 g/mol. The normalized spacial score (nSPS) is 10.2. The van der Waals surface area contributed by atoms with E-state index in [1.807, 2.05) is 22.6 Å². The van der Waals surface area contributed by atoms with Crippen molar-refractivity contribution in [2.75, 3.05) is 5.32 Å². The van der Waals surface area contributed by atoms with Gasteiger partial charge in [0.15, 0.2) is 0 Å². The molecule has 0 aliphatic rings. The molecule has 0 heterocycles. The molecule has 1 N–H and O–H groups in total. The molecular weight excluding hydrogens is 397 g/mol. The van der Waals surface area contributed by atoms with Gasteiger partial charge in [-0.05, 0) is 40.8 Å². The van der Waals surface area contributed by atoms with E-state index in [0.29, 0.717) is 21.4 Å². The van der Waals surface area contributed by atoms with Gasteiger partial charge >= 0.3 is 5.69 Å². The number of anilines is 1. The molecule has 1 amide bonds. The van der Waals surface area contributed by atoms with E-state index in [2.05, 4.69) is 5.32 Å². The molecule has 0 atom stereocenters. The molecule has 2 aromatic rings. The number of nitrogens with zero attached hydrogens (tertiary/aromatic N) is 1. The van der Waals surface area contributed by atoms with Crippen LogP contribution in [0.2, 0.25) is 0 Å². The molecular formula is C13H7F2IN2O3. The van der Waals surface area contributed by atoms with Gasteiger partial charge in [0.25, 0.3) is 5.91 Å². The van der Waals surface area contributed by atoms with Gasteiger partial charge in [0, 0.05) is 3.57 Å². The van der Waals surface area contributed by atoms with E-state index >= 15 is 0 Å². The molecule has 2 aromatic carbocycles. The predicted molar refractivity (Wildman–Crippen MR) is 80.1 cm³/mol. The summed E-state index contributed by atoms with van der Waals surface area (Å²) in [6.07, 6.45) is 0. The predicted octanol–water partition coefficient (Wildman–Crippen LogP) is 3.73. The Morgan fingerprint density at radius 2 is 1.90 bits per heavy atom. The van der Waals surface area contributed by atoms with Gasteiger partial charge in [-0.1, -0.05) is 12.1 Å². The molecule has 0 saturated heterocycles. The minimum Gasteiger partial charge on any atom is -0.321 e. The Bertz CT molecular complexity index is 737. The van der Waals surface area contributed by atoms with Crippen molar-refractivity contribution >= 4 is 39.9 Å². The number of carbonyl (C=O) groups excluding carboxylic acids is 1. The second kappa shape index (κ2) is 6.12. The lowest BCUT2D eigenvalue weighted by atomic mass is 10.1. The lowest BCUT2D eigenvalue weighted by Crippen LogP contribution is -2.15. The zero-order chi connectivity index (χ0) is 15.6. The van der Waals surface area contributed by atoms with Crippen LogP contribution in [0.15, 0.2) is 36.4 Å². The molecule has 0 fully saturated rings.